The van der Waals surface area contributed by atoms with E-state index in [4.69, 9.17) is 9.78 Å². The number of hydrogen-bond acceptors (Lipinski definition) is 5. The third-order valence-electron chi connectivity index (χ3n) is 3.41. The van der Waals surface area contributed by atoms with Gasteiger partial charge in [0.25, 0.3) is 0 Å². The number of hydrogen-bond donors (Lipinski definition) is 1. The number of nitrogens with zero attached hydrogens (tertiary/aromatic N) is 3. The normalized spacial score (nSPS) is 11.9. The van der Waals surface area contributed by atoms with E-state index < -0.39 is 0 Å². The molecule has 0 fully saturated rings. The number of rotatable bonds is 6. The molecule has 1 atom stereocenters. The molecule has 2 heterocycles. The first-order valence-electron chi connectivity index (χ1n) is 7.83. The minimum Gasteiger partial charge on any atom is -0.372 e. The van der Waals surface area contributed by atoms with Gasteiger partial charge in [0.1, 0.15) is 10.6 Å². The highest BCUT2D eigenvalue weighted by molar-refractivity contribution is 7.18. The van der Waals surface area contributed by atoms with Crippen molar-refractivity contribution in [3.63, 3.8) is 0 Å². The van der Waals surface area contributed by atoms with Gasteiger partial charge in [0.15, 0.2) is 0 Å². The minimum absolute atomic E-state index is 0.250. The van der Waals surface area contributed by atoms with Crippen molar-refractivity contribution in [1.82, 2.24) is 9.88 Å². The topological polar surface area (TPSA) is 62.5 Å². The number of amides is 1. The predicted molar refractivity (Wildman–Crippen MR) is 100 cm³/mol. The van der Waals surface area contributed by atoms with Gasteiger partial charge in [0, 0.05) is 29.9 Å². The quantitative estimate of drug-likeness (QED) is 0.824. The number of aryl methyl sites for hydroxylation is 1. The lowest BCUT2D eigenvalue weighted by Gasteiger charge is -2.27. The minimum atomic E-state index is 0.250. The number of nitrogens with two attached hydrogens (primary N) is 1. The summed E-state index contributed by atoms with van der Waals surface area (Å²) < 4.78 is 0. The molecule has 1 unspecified atom stereocenters. The second-order valence-electron chi connectivity index (χ2n) is 5.96. The van der Waals surface area contributed by atoms with Gasteiger partial charge in [0.05, 0.1) is 0 Å². The lowest BCUT2D eigenvalue weighted by Crippen LogP contribution is -2.33. The van der Waals surface area contributed by atoms with Crippen molar-refractivity contribution in [3.05, 3.63) is 23.1 Å². The zero-order valence-electron chi connectivity index (χ0n) is 14.7. The van der Waals surface area contributed by atoms with E-state index in [-0.39, 0.29) is 6.41 Å². The van der Waals surface area contributed by atoms with Crippen LogP contribution in [-0.4, -0.2) is 50.0 Å². The summed E-state index contributed by atoms with van der Waals surface area (Å²) in [7, 11) is 4.26. The van der Waals surface area contributed by atoms with Crippen molar-refractivity contribution < 1.29 is 4.79 Å². The van der Waals surface area contributed by atoms with E-state index in [0.717, 1.165) is 30.3 Å². The number of thiophene rings is 1. The molecule has 0 saturated carbocycles. The van der Waals surface area contributed by atoms with Gasteiger partial charge < -0.3 is 15.5 Å². The Hall–Kier alpha value is -1.66. The molecule has 0 aromatic carbocycles. The summed E-state index contributed by atoms with van der Waals surface area (Å²) in [6, 6.07) is 6.56. The Labute approximate surface area is 143 Å². The fraction of sp³-hybridized carbons (Fsp3) is 0.529. The first kappa shape index (κ1) is 19.4. The Kier molecular flexibility index (Phi) is 7.98. The summed E-state index contributed by atoms with van der Waals surface area (Å²) in [5.74, 6) is 1.74. The van der Waals surface area contributed by atoms with Crippen LogP contribution in [0.1, 0.15) is 18.7 Å². The molecule has 0 bridgehead atoms. The summed E-state index contributed by atoms with van der Waals surface area (Å²) >= 11 is 1.78. The molecule has 2 N–H and O–H groups in total. The van der Waals surface area contributed by atoms with Crippen molar-refractivity contribution in [2.75, 3.05) is 38.6 Å². The Balaban J connectivity index is 0.000000816. The maximum atomic E-state index is 8.58. The SMILES string of the molecule is CCN(CC(C)CN(C)C)c1ccc2cc(C)sc2n1.NC=O. The first-order chi connectivity index (χ1) is 10.9. The Morgan fingerprint density at radius 3 is 2.57 bits per heavy atom. The molecule has 0 aliphatic carbocycles. The summed E-state index contributed by atoms with van der Waals surface area (Å²) in [5, 5.41) is 1.26. The second kappa shape index (κ2) is 9.47. The van der Waals surface area contributed by atoms with Gasteiger partial charge in [-0.3, -0.25) is 4.79 Å². The van der Waals surface area contributed by atoms with E-state index in [9.17, 15) is 0 Å². The van der Waals surface area contributed by atoms with Crippen molar-refractivity contribution in [1.29, 1.82) is 0 Å². The lowest BCUT2D eigenvalue weighted by molar-refractivity contribution is -0.106. The number of aromatic nitrogens is 1. The third-order valence-corrected chi connectivity index (χ3v) is 4.37. The van der Waals surface area contributed by atoms with Crippen molar-refractivity contribution in [3.8, 4) is 0 Å². The third kappa shape index (κ3) is 6.15. The molecule has 5 nitrogen and oxygen atoms in total. The Morgan fingerprint density at radius 2 is 2.00 bits per heavy atom. The molecule has 0 saturated heterocycles. The fourth-order valence-electron chi connectivity index (χ4n) is 2.65. The van der Waals surface area contributed by atoms with Crippen molar-refractivity contribution >= 4 is 33.8 Å². The molecule has 2 aromatic heterocycles. The van der Waals surface area contributed by atoms with Crippen LogP contribution in [-0.2, 0) is 4.79 Å². The van der Waals surface area contributed by atoms with Crippen LogP contribution in [0, 0.1) is 12.8 Å². The number of carbonyl (C=O) groups is 1. The average Bonchev–Trinajstić information content (AvgIpc) is 2.83. The van der Waals surface area contributed by atoms with Gasteiger partial charge >= 0.3 is 0 Å². The maximum Gasteiger partial charge on any atom is 0.204 e. The monoisotopic (exact) mass is 336 g/mol. The van der Waals surface area contributed by atoms with Crippen LogP contribution in [0.2, 0.25) is 0 Å². The van der Waals surface area contributed by atoms with Crippen LogP contribution in [0.3, 0.4) is 0 Å². The summed E-state index contributed by atoms with van der Waals surface area (Å²) in [4.78, 5) is 20.5. The van der Waals surface area contributed by atoms with Crippen LogP contribution in [0.4, 0.5) is 5.82 Å². The van der Waals surface area contributed by atoms with Crippen LogP contribution < -0.4 is 10.6 Å². The van der Waals surface area contributed by atoms with E-state index in [1.54, 1.807) is 11.3 Å². The molecule has 1 amide bonds. The molecular weight excluding hydrogens is 308 g/mol. The van der Waals surface area contributed by atoms with E-state index >= 15 is 0 Å². The zero-order valence-corrected chi connectivity index (χ0v) is 15.6. The fourth-order valence-corrected chi connectivity index (χ4v) is 3.53. The highest BCUT2D eigenvalue weighted by atomic mass is 32.1. The summed E-state index contributed by atoms with van der Waals surface area (Å²) in [6.07, 6.45) is 0.250. The molecule has 128 valence electrons. The van der Waals surface area contributed by atoms with Gasteiger partial charge in [-0.2, -0.15) is 0 Å². The smallest absolute Gasteiger partial charge is 0.204 e. The zero-order chi connectivity index (χ0) is 17.4. The summed E-state index contributed by atoms with van der Waals surface area (Å²) in [6.45, 7) is 9.81. The summed E-state index contributed by atoms with van der Waals surface area (Å²) in [5.41, 5.74) is 4.17. The van der Waals surface area contributed by atoms with E-state index in [1.165, 1.54) is 10.3 Å². The van der Waals surface area contributed by atoms with Crippen molar-refractivity contribution in [2.24, 2.45) is 11.7 Å². The van der Waals surface area contributed by atoms with Gasteiger partial charge in [-0.1, -0.05) is 6.92 Å². The van der Waals surface area contributed by atoms with E-state index in [0.29, 0.717) is 5.92 Å². The Bertz CT molecular complexity index is 612. The number of anilines is 1. The van der Waals surface area contributed by atoms with Crippen LogP contribution in [0.15, 0.2) is 18.2 Å². The number of fused-ring (bicyclic) bond motifs is 1. The molecule has 0 aliphatic heterocycles. The first-order valence-corrected chi connectivity index (χ1v) is 8.65. The lowest BCUT2D eigenvalue weighted by atomic mass is 10.1. The molecule has 0 spiro atoms. The van der Waals surface area contributed by atoms with Crippen LogP contribution in [0.25, 0.3) is 10.2 Å². The van der Waals surface area contributed by atoms with Crippen LogP contribution in [0.5, 0.6) is 0 Å². The van der Waals surface area contributed by atoms with Crippen molar-refractivity contribution in [2.45, 2.75) is 20.8 Å². The van der Waals surface area contributed by atoms with E-state index in [2.05, 4.69) is 68.6 Å². The molecule has 0 radical (unpaired) electrons. The largest absolute Gasteiger partial charge is 0.372 e. The van der Waals surface area contributed by atoms with Gasteiger partial charge in [0.2, 0.25) is 6.41 Å². The number of primary amides is 1. The molecule has 23 heavy (non-hydrogen) atoms. The predicted octanol–water partition coefficient (Wildman–Crippen LogP) is 2.73. The molecule has 2 aromatic rings. The average molecular weight is 337 g/mol. The second-order valence-corrected chi connectivity index (χ2v) is 7.20. The van der Waals surface area contributed by atoms with Gasteiger partial charge in [-0.05, 0) is 52.1 Å². The molecule has 0 aliphatic rings. The molecule has 6 heteroatoms. The van der Waals surface area contributed by atoms with Gasteiger partial charge in [-0.15, -0.1) is 11.3 Å². The highest BCUT2D eigenvalue weighted by Gasteiger charge is 2.12. The highest BCUT2D eigenvalue weighted by Crippen LogP contribution is 2.26. The van der Waals surface area contributed by atoms with E-state index in [1.807, 2.05) is 0 Å². The van der Waals surface area contributed by atoms with Crippen LogP contribution >= 0.6 is 11.3 Å². The van der Waals surface area contributed by atoms with Gasteiger partial charge in [-0.25, -0.2) is 4.98 Å². The Morgan fingerprint density at radius 1 is 1.35 bits per heavy atom. The number of carbonyl (C=O) groups excluding carboxylic acids is 1. The molecule has 2 rings (SSSR count). The standard InChI is InChI=1S/C16H25N3S.CH3NO/c1-6-19(11-12(2)10-18(4)5)15-8-7-14-9-13(3)20-16(14)17-15;2-1-3/h7-9,12H,6,10-11H2,1-5H3;1H,(H2,2,3). The number of pyridine rings is 1. The molecular formula is C17H28N4OS. The maximum absolute atomic E-state index is 8.58.